The lowest BCUT2D eigenvalue weighted by atomic mass is 9.94. The van der Waals surface area contributed by atoms with Crippen LogP contribution in [-0.4, -0.2) is 30.1 Å². The summed E-state index contributed by atoms with van der Waals surface area (Å²) in [5.41, 5.74) is 5.42. The lowest BCUT2D eigenvalue weighted by Crippen LogP contribution is -2.25. The predicted molar refractivity (Wildman–Crippen MR) is 85.0 cm³/mol. The normalized spacial score (nSPS) is 12.1. The second kappa shape index (κ2) is 13.9. The Kier molecular flexibility index (Phi) is 13.1. The highest BCUT2D eigenvalue weighted by Crippen LogP contribution is 2.17. The Labute approximate surface area is 128 Å². The fraction of sp³-hybridized carbons (Fsp3) is 0.875. The van der Waals surface area contributed by atoms with E-state index in [1.165, 1.54) is 0 Å². The Morgan fingerprint density at radius 2 is 1.76 bits per heavy atom. The minimum absolute atomic E-state index is 0.108. The average molecular weight is 300 g/mol. The molecular formula is C16H32N2O3. The summed E-state index contributed by atoms with van der Waals surface area (Å²) < 4.78 is 0. The minimum Gasteiger partial charge on any atom is -0.481 e. The maximum Gasteiger partial charge on any atom is 0.303 e. The van der Waals surface area contributed by atoms with E-state index >= 15 is 0 Å². The smallest absolute Gasteiger partial charge is 0.303 e. The number of unbranched alkanes of at least 4 members (excludes halogenated alkanes) is 3. The summed E-state index contributed by atoms with van der Waals surface area (Å²) in [5.74, 6) is -0.232. The highest BCUT2D eigenvalue weighted by atomic mass is 16.4. The van der Waals surface area contributed by atoms with Crippen molar-refractivity contribution in [3.8, 4) is 0 Å². The molecule has 0 bridgehead atoms. The fourth-order valence-electron chi connectivity index (χ4n) is 2.46. The SMILES string of the molecule is CCCC(CCNC(=O)CCCCCCN)CCC(=O)O. The lowest BCUT2D eigenvalue weighted by molar-refractivity contribution is -0.137. The van der Waals surface area contributed by atoms with Gasteiger partial charge in [-0.1, -0.05) is 32.6 Å². The molecule has 21 heavy (non-hydrogen) atoms. The third kappa shape index (κ3) is 13.6. The molecule has 1 amide bonds. The number of nitrogens with one attached hydrogen (secondary N) is 1. The third-order valence-electron chi connectivity index (χ3n) is 3.70. The Balaban J connectivity index is 3.66. The Hall–Kier alpha value is -1.10. The molecular weight excluding hydrogens is 268 g/mol. The van der Waals surface area contributed by atoms with Crippen LogP contribution in [0, 0.1) is 5.92 Å². The molecule has 0 rings (SSSR count). The van der Waals surface area contributed by atoms with E-state index in [2.05, 4.69) is 12.2 Å². The third-order valence-corrected chi connectivity index (χ3v) is 3.70. The van der Waals surface area contributed by atoms with E-state index in [0.29, 0.717) is 25.3 Å². The molecule has 0 fully saturated rings. The van der Waals surface area contributed by atoms with Crippen LogP contribution >= 0.6 is 0 Å². The van der Waals surface area contributed by atoms with E-state index in [1.54, 1.807) is 0 Å². The molecule has 0 aliphatic heterocycles. The van der Waals surface area contributed by atoms with Crippen molar-refractivity contribution < 1.29 is 14.7 Å². The van der Waals surface area contributed by atoms with E-state index in [-0.39, 0.29) is 12.3 Å². The van der Waals surface area contributed by atoms with Crippen molar-refractivity contribution in [1.29, 1.82) is 0 Å². The quantitative estimate of drug-likeness (QED) is 0.430. The molecule has 0 aliphatic carbocycles. The molecule has 0 saturated carbocycles. The van der Waals surface area contributed by atoms with Gasteiger partial charge in [0.2, 0.25) is 5.91 Å². The lowest BCUT2D eigenvalue weighted by Gasteiger charge is -2.15. The van der Waals surface area contributed by atoms with Gasteiger partial charge >= 0.3 is 5.97 Å². The molecule has 0 heterocycles. The van der Waals surface area contributed by atoms with Crippen molar-refractivity contribution in [2.75, 3.05) is 13.1 Å². The molecule has 0 radical (unpaired) electrons. The summed E-state index contributed by atoms with van der Waals surface area (Å²) in [6.07, 6.45) is 8.57. The Morgan fingerprint density at radius 1 is 1.05 bits per heavy atom. The van der Waals surface area contributed by atoms with E-state index < -0.39 is 5.97 Å². The van der Waals surface area contributed by atoms with E-state index in [4.69, 9.17) is 10.8 Å². The van der Waals surface area contributed by atoms with Gasteiger partial charge in [0.1, 0.15) is 0 Å². The molecule has 5 nitrogen and oxygen atoms in total. The van der Waals surface area contributed by atoms with Crippen LogP contribution in [0.5, 0.6) is 0 Å². The topological polar surface area (TPSA) is 92.4 Å². The van der Waals surface area contributed by atoms with Crippen molar-refractivity contribution in [1.82, 2.24) is 5.32 Å². The highest BCUT2D eigenvalue weighted by molar-refractivity contribution is 5.75. The summed E-state index contributed by atoms with van der Waals surface area (Å²) in [6.45, 7) is 3.49. The molecule has 5 heteroatoms. The summed E-state index contributed by atoms with van der Waals surface area (Å²) in [4.78, 5) is 22.3. The van der Waals surface area contributed by atoms with Crippen LogP contribution in [0.1, 0.15) is 71.1 Å². The number of carboxylic acids is 1. The van der Waals surface area contributed by atoms with Gasteiger partial charge in [-0.15, -0.1) is 0 Å². The average Bonchev–Trinajstić information content (AvgIpc) is 2.44. The van der Waals surface area contributed by atoms with Crippen molar-refractivity contribution in [2.24, 2.45) is 11.7 Å². The van der Waals surface area contributed by atoms with Gasteiger partial charge in [0, 0.05) is 19.4 Å². The first kappa shape index (κ1) is 19.9. The zero-order valence-electron chi connectivity index (χ0n) is 13.4. The largest absolute Gasteiger partial charge is 0.481 e. The van der Waals surface area contributed by atoms with Gasteiger partial charge in [-0.05, 0) is 38.1 Å². The van der Waals surface area contributed by atoms with E-state index in [0.717, 1.165) is 51.5 Å². The van der Waals surface area contributed by atoms with Crippen LogP contribution in [0.15, 0.2) is 0 Å². The number of carboxylic acid groups (broad SMARTS) is 1. The van der Waals surface area contributed by atoms with Gasteiger partial charge in [0.25, 0.3) is 0 Å². The van der Waals surface area contributed by atoms with Crippen molar-refractivity contribution >= 4 is 11.9 Å². The standard InChI is InChI=1S/C16H32N2O3/c1-2-7-14(9-10-16(20)21)11-13-18-15(19)8-5-3-4-6-12-17/h14H,2-13,17H2,1H3,(H,18,19)(H,20,21). The second-order valence-electron chi connectivity index (χ2n) is 5.68. The zero-order chi connectivity index (χ0) is 15.9. The zero-order valence-corrected chi connectivity index (χ0v) is 13.4. The number of nitrogens with two attached hydrogens (primary N) is 1. The highest BCUT2D eigenvalue weighted by Gasteiger charge is 2.10. The number of carbonyl (C=O) groups excluding carboxylic acids is 1. The molecule has 0 aliphatic rings. The Bertz CT molecular complexity index is 283. The molecule has 0 aromatic rings. The first-order chi connectivity index (χ1) is 10.1. The summed E-state index contributed by atoms with van der Waals surface area (Å²) in [6, 6.07) is 0. The van der Waals surface area contributed by atoms with Crippen LogP contribution in [0.3, 0.4) is 0 Å². The van der Waals surface area contributed by atoms with Crippen molar-refractivity contribution in [2.45, 2.75) is 71.1 Å². The molecule has 1 unspecified atom stereocenters. The number of hydrogen-bond donors (Lipinski definition) is 3. The summed E-state index contributed by atoms with van der Waals surface area (Å²) in [7, 11) is 0. The molecule has 124 valence electrons. The maximum absolute atomic E-state index is 11.7. The second-order valence-corrected chi connectivity index (χ2v) is 5.68. The molecule has 0 aromatic carbocycles. The first-order valence-electron chi connectivity index (χ1n) is 8.28. The molecule has 0 aromatic heterocycles. The van der Waals surface area contributed by atoms with Crippen molar-refractivity contribution in [3.05, 3.63) is 0 Å². The molecule has 4 N–H and O–H groups in total. The molecule has 0 spiro atoms. The predicted octanol–water partition coefficient (Wildman–Crippen LogP) is 2.68. The molecule has 0 saturated heterocycles. The molecule has 1 atom stereocenters. The number of carbonyl (C=O) groups is 2. The summed E-state index contributed by atoms with van der Waals surface area (Å²) >= 11 is 0. The maximum atomic E-state index is 11.7. The van der Waals surface area contributed by atoms with E-state index in [1.807, 2.05) is 0 Å². The van der Waals surface area contributed by atoms with Gasteiger partial charge in [0.15, 0.2) is 0 Å². The van der Waals surface area contributed by atoms with Crippen molar-refractivity contribution in [3.63, 3.8) is 0 Å². The van der Waals surface area contributed by atoms with Crippen LogP contribution in [-0.2, 0) is 9.59 Å². The Morgan fingerprint density at radius 3 is 2.38 bits per heavy atom. The number of hydrogen-bond acceptors (Lipinski definition) is 3. The number of amides is 1. The van der Waals surface area contributed by atoms with Gasteiger partial charge in [0.05, 0.1) is 0 Å². The number of aliphatic carboxylic acids is 1. The van der Waals surface area contributed by atoms with Gasteiger partial charge in [-0.2, -0.15) is 0 Å². The van der Waals surface area contributed by atoms with Crippen LogP contribution < -0.4 is 11.1 Å². The number of rotatable bonds is 14. The summed E-state index contributed by atoms with van der Waals surface area (Å²) in [5, 5.41) is 11.7. The minimum atomic E-state index is -0.738. The van der Waals surface area contributed by atoms with E-state index in [9.17, 15) is 9.59 Å². The van der Waals surface area contributed by atoms with Crippen LogP contribution in [0.25, 0.3) is 0 Å². The van der Waals surface area contributed by atoms with Gasteiger partial charge in [-0.3, -0.25) is 9.59 Å². The fourth-order valence-corrected chi connectivity index (χ4v) is 2.46. The first-order valence-corrected chi connectivity index (χ1v) is 8.28. The van der Waals surface area contributed by atoms with Gasteiger partial charge < -0.3 is 16.2 Å². The monoisotopic (exact) mass is 300 g/mol. The van der Waals surface area contributed by atoms with Gasteiger partial charge in [-0.25, -0.2) is 0 Å². The van der Waals surface area contributed by atoms with Crippen LogP contribution in [0.2, 0.25) is 0 Å². The van der Waals surface area contributed by atoms with Crippen LogP contribution in [0.4, 0.5) is 0 Å².